The first-order valence-corrected chi connectivity index (χ1v) is 6.52. The lowest BCUT2D eigenvalue weighted by molar-refractivity contribution is 0.0999. The zero-order valence-corrected chi connectivity index (χ0v) is 12.2. The number of nitrogens with two attached hydrogens (primary N) is 1. The Hall–Kier alpha value is -2.86. The minimum atomic E-state index is -1.01. The van der Waals surface area contributed by atoms with Crippen LogP contribution in [0.4, 0.5) is 10.5 Å². The normalized spacial score (nSPS) is 10.1. The molecule has 0 aliphatic carbocycles. The van der Waals surface area contributed by atoms with Gasteiger partial charge >= 0.3 is 6.09 Å². The van der Waals surface area contributed by atoms with Crippen molar-refractivity contribution >= 4 is 17.7 Å². The Morgan fingerprint density at radius 1 is 1.18 bits per heavy atom. The second kappa shape index (κ2) is 6.28. The minimum absolute atomic E-state index is 0.0293. The Morgan fingerprint density at radius 2 is 1.86 bits per heavy atom. The summed E-state index contributed by atoms with van der Waals surface area (Å²) >= 11 is 0. The third kappa shape index (κ3) is 2.91. The van der Waals surface area contributed by atoms with Crippen LogP contribution >= 0.6 is 0 Å². The van der Waals surface area contributed by atoms with Gasteiger partial charge in [-0.05, 0) is 24.1 Å². The van der Waals surface area contributed by atoms with Crippen LogP contribution in [0, 0.1) is 6.92 Å². The summed E-state index contributed by atoms with van der Waals surface area (Å²) in [5.74, 6) is -0.755. The van der Waals surface area contributed by atoms with Gasteiger partial charge in [-0.2, -0.15) is 5.06 Å². The molecule has 0 fully saturated rings. The van der Waals surface area contributed by atoms with Crippen LogP contribution in [0.5, 0.6) is 0 Å². The van der Waals surface area contributed by atoms with Crippen molar-refractivity contribution in [3.8, 4) is 11.1 Å². The van der Waals surface area contributed by atoms with E-state index in [2.05, 4.69) is 4.74 Å². The largest absolute Gasteiger partial charge is 0.451 e. The summed E-state index contributed by atoms with van der Waals surface area (Å²) in [4.78, 5) is 23.3. The lowest BCUT2D eigenvalue weighted by atomic mass is 9.96. The number of primary amides is 1. The third-order valence-corrected chi connectivity index (χ3v) is 3.19. The summed E-state index contributed by atoms with van der Waals surface area (Å²) in [5.41, 5.74) is 7.74. The van der Waals surface area contributed by atoms with Crippen LogP contribution in [0.25, 0.3) is 11.1 Å². The van der Waals surface area contributed by atoms with Crippen LogP contribution in [0.15, 0.2) is 42.5 Å². The average molecular weight is 300 g/mol. The number of benzene rings is 2. The molecule has 0 radical (unpaired) electrons. The van der Waals surface area contributed by atoms with Gasteiger partial charge in [-0.15, -0.1) is 0 Å². The lowest BCUT2D eigenvalue weighted by Crippen LogP contribution is -2.29. The molecule has 0 aromatic heterocycles. The maximum Gasteiger partial charge on any atom is 0.438 e. The topological polar surface area (TPSA) is 92.9 Å². The van der Waals surface area contributed by atoms with Gasteiger partial charge in [-0.25, -0.2) is 4.79 Å². The maximum atomic E-state index is 11.8. The van der Waals surface area contributed by atoms with Gasteiger partial charge in [0.15, 0.2) is 0 Å². The van der Waals surface area contributed by atoms with E-state index in [1.54, 1.807) is 12.1 Å². The van der Waals surface area contributed by atoms with E-state index in [1.807, 2.05) is 31.2 Å². The van der Waals surface area contributed by atoms with E-state index in [0.717, 1.165) is 18.2 Å². The Balaban J connectivity index is 2.66. The summed E-state index contributed by atoms with van der Waals surface area (Å²) in [5, 5.41) is 10.2. The summed E-state index contributed by atoms with van der Waals surface area (Å²) in [6, 6.07) is 12.2. The summed E-state index contributed by atoms with van der Waals surface area (Å²) in [6.07, 6.45) is -1.01. The van der Waals surface area contributed by atoms with Gasteiger partial charge < -0.3 is 10.5 Å². The monoisotopic (exact) mass is 300 g/mol. The predicted molar refractivity (Wildman–Crippen MR) is 81.8 cm³/mol. The molecule has 0 aliphatic rings. The van der Waals surface area contributed by atoms with Crippen molar-refractivity contribution in [2.24, 2.45) is 5.73 Å². The first-order chi connectivity index (χ1) is 10.5. The molecule has 0 heterocycles. The Kier molecular flexibility index (Phi) is 4.43. The first-order valence-electron chi connectivity index (χ1n) is 6.52. The zero-order chi connectivity index (χ0) is 16.3. The number of nitrogens with zero attached hydrogens (tertiary/aromatic N) is 1. The van der Waals surface area contributed by atoms with Gasteiger partial charge in [-0.3, -0.25) is 10.0 Å². The molecule has 0 saturated carbocycles. The molecule has 3 N–H and O–H groups in total. The number of carbonyl (C=O) groups is 2. The molecule has 2 amide bonds. The summed E-state index contributed by atoms with van der Waals surface area (Å²) in [6.45, 7) is 1.92. The molecule has 0 atom stereocenters. The van der Waals surface area contributed by atoms with Crippen LogP contribution in [0.2, 0.25) is 0 Å². The minimum Gasteiger partial charge on any atom is -0.451 e. The lowest BCUT2D eigenvalue weighted by Gasteiger charge is -2.18. The van der Waals surface area contributed by atoms with Gasteiger partial charge in [0.05, 0.1) is 18.4 Å². The van der Waals surface area contributed by atoms with Gasteiger partial charge in [0, 0.05) is 0 Å². The molecule has 2 aromatic carbocycles. The molecular formula is C16H16N2O4. The van der Waals surface area contributed by atoms with Gasteiger partial charge in [0.1, 0.15) is 0 Å². The molecule has 114 valence electrons. The van der Waals surface area contributed by atoms with Crippen molar-refractivity contribution in [3.05, 3.63) is 53.6 Å². The molecule has 0 spiro atoms. The van der Waals surface area contributed by atoms with E-state index < -0.39 is 12.0 Å². The Bertz CT molecular complexity index is 728. The number of aryl methyl sites for hydroxylation is 1. The van der Waals surface area contributed by atoms with Crippen molar-refractivity contribution < 1.29 is 19.5 Å². The molecule has 22 heavy (non-hydrogen) atoms. The van der Waals surface area contributed by atoms with Gasteiger partial charge in [0.25, 0.3) is 5.91 Å². The fourth-order valence-corrected chi connectivity index (χ4v) is 2.21. The fourth-order valence-electron chi connectivity index (χ4n) is 2.21. The maximum absolute atomic E-state index is 11.8. The van der Waals surface area contributed by atoms with E-state index in [-0.39, 0.29) is 16.3 Å². The van der Waals surface area contributed by atoms with E-state index in [4.69, 9.17) is 5.73 Å². The van der Waals surface area contributed by atoms with E-state index in [9.17, 15) is 14.8 Å². The predicted octanol–water partition coefficient (Wildman–Crippen LogP) is 2.72. The van der Waals surface area contributed by atoms with Crippen molar-refractivity contribution in [3.63, 3.8) is 0 Å². The number of hydrogen-bond acceptors (Lipinski definition) is 4. The average Bonchev–Trinajstić information content (AvgIpc) is 2.52. The Labute approximate surface area is 127 Å². The SMILES string of the molecule is COC(=O)N(O)c1cccc(-c2cccc(C)c2)c1C(N)=O. The van der Waals surface area contributed by atoms with E-state index in [1.165, 1.54) is 6.07 Å². The smallest absolute Gasteiger partial charge is 0.438 e. The Morgan fingerprint density at radius 3 is 2.45 bits per heavy atom. The van der Waals surface area contributed by atoms with E-state index >= 15 is 0 Å². The van der Waals surface area contributed by atoms with Gasteiger partial charge in [0.2, 0.25) is 0 Å². The van der Waals surface area contributed by atoms with Crippen molar-refractivity contribution in [1.29, 1.82) is 0 Å². The number of amides is 2. The molecule has 0 aliphatic heterocycles. The molecule has 0 unspecified atom stereocenters. The molecule has 6 heteroatoms. The highest BCUT2D eigenvalue weighted by atomic mass is 16.6. The van der Waals surface area contributed by atoms with Crippen molar-refractivity contribution in [2.75, 3.05) is 12.2 Å². The van der Waals surface area contributed by atoms with Crippen LogP contribution in [0.3, 0.4) is 0 Å². The molecule has 0 saturated heterocycles. The number of methoxy groups -OCH3 is 1. The number of rotatable bonds is 3. The molecule has 0 bridgehead atoms. The quantitative estimate of drug-likeness (QED) is 0.673. The highest BCUT2D eigenvalue weighted by Gasteiger charge is 2.23. The third-order valence-electron chi connectivity index (χ3n) is 3.19. The highest BCUT2D eigenvalue weighted by molar-refractivity contribution is 6.07. The first kappa shape index (κ1) is 15.5. The molecule has 6 nitrogen and oxygen atoms in total. The molecular weight excluding hydrogens is 284 g/mol. The van der Waals surface area contributed by atoms with Crippen molar-refractivity contribution in [1.82, 2.24) is 0 Å². The zero-order valence-electron chi connectivity index (χ0n) is 12.2. The van der Waals surface area contributed by atoms with Crippen LogP contribution < -0.4 is 10.8 Å². The van der Waals surface area contributed by atoms with Crippen molar-refractivity contribution in [2.45, 2.75) is 6.92 Å². The number of hydrogen-bond donors (Lipinski definition) is 2. The molecule has 2 aromatic rings. The summed E-state index contributed by atoms with van der Waals surface area (Å²) in [7, 11) is 1.12. The van der Waals surface area contributed by atoms with E-state index in [0.29, 0.717) is 5.56 Å². The summed E-state index contributed by atoms with van der Waals surface area (Å²) < 4.78 is 4.45. The number of anilines is 1. The highest BCUT2D eigenvalue weighted by Crippen LogP contribution is 2.31. The molecule has 2 rings (SSSR count). The second-order valence-corrected chi connectivity index (χ2v) is 4.72. The number of carbonyl (C=O) groups excluding carboxylic acids is 2. The fraction of sp³-hybridized carbons (Fsp3) is 0.125. The van der Waals surface area contributed by atoms with Crippen LogP contribution in [0.1, 0.15) is 15.9 Å². The standard InChI is InChI=1S/C16H16N2O4/c1-10-5-3-6-11(9-10)12-7-4-8-13(14(12)15(17)19)18(21)16(20)22-2/h3-9,21H,1-2H3,(H2,17,19). The van der Waals surface area contributed by atoms with Gasteiger partial charge in [-0.1, -0.05) is 42.0 Å². The van der Waals surface area contributed by atoms with Crippen LogP contribution in [-0.4, -0.2) is 24.3 Å². The van der Waals surface area contributed by atoms with Crippen LogP contribution in [-0.2, 0) is 4.74 Å². The number of ether oxygens (including phenoxy) is 1. The number of hydroxylamine groups is 1. The second-order valence-electron chi connectivity index (χ2n) is 4.72.